The van der Waals surface area contributed by atoms with Gasteiger partial charge in [0.2, 0.25) is 0 Å². The second-order valence-corrected chi connectivity index (χ2v) is 2.52. The van der Waals surface area contributed by atoms with Crippen LogP contribution in [0.3, 0.4) is 0 Å². The highest BCUT2D eigenvalue weighted by Gasteiger charge is 2.14. The van der Waals surface area contributed by atoms with Gasteiger partial charge in [0.15, 0.2) is 5.75 Å². The Labute approximate surface area is 72.0 Å². The summed E-state index contributed by atoms with van der Waals surface area (Å²) in [5.74, 6) is -0.371. The average Bonchev–Trinajstić information content (AvgIpc) is 2.48. The first-order chi connectivity index (χ1) is 6.18. The molecule has 1 aromatic heterocycles. The fourth-order valence-corrected chi connectivity index (χ4v) is 1.11. The van der Waals surface area contributed by atoms with Crippen LogP contribution in [0.15, 0.2) is 18.5 Å². The number of imidazole rings is 1. The zero-order valence-corrected chi connectivity index (χ0v) is 6.39. The lowest BCUT2D eigenvalue weighted by atomic mass is 10.2. The number of hydrogen-bond donors (Lipinski definition) is 2. The maximum Gasteiger partial charge on any atom is 0.312 e. The first kappa shape index (κ1) is 7.53. The first-order valence-electron chi connectivity index (χ1n) is 3.49. The number of nitro benzene ring substituents is 1. The van der Waals surface area contributed by atoms with E-state index in [1.807, 2.05) is 0 Å². The number of aromatic amines is 1. The number of fused-ring (bicyclic) bond motifs is 1. The molecule has 66 valence electrons. The lowest BCUT2D eigenvalue weighted by Gasteiger charge is -1.94. The van der Waals surface area contributed by atoms with Crippen LogP contribution < -0.4 is 0 Å². The van der Waals surface area contributed by atoms with E-state index in [-0.39, 0.29) is 11.4 Å². The van der Waals surface area contributed by atoms with Crippen LogP contribution in [0.25, 0.3) is 11.0 Å². The number of phenolic OH excluding ortho intramolecular Hbond substituents is 1. The number of H-pyrrole nitrogens is 1. The van der Waals surface area contributed by atoms with E-state index in [9.17, 15) is 15.2 Å². The van der Waals surface area contributed by atoms with E-state index in [1.54, 1.807) is 0 Å². The largest absolute Gasteiger partial charge is 0.502 e. The zero-order chi connectivity index (χ0) is 9.42. The van der Waals surface area contributed by atoms with Crippen molar-refractivity contribution in [2.75, 3.05) is 0 Å². The Morgan fingerprint density at radius 2 is 2.31 bits per heavy atom. The molecule has 6 heteroatoms. The Kier molecular flexibility index (Phi) is 1.42. The normalized spacial score (nSPS) is 10.5. The van der Waals surface area contributed by atoms with Gasteiger partial charge in [-0.25, -0.2) is 4.98 Å². The second-order valence-electron chi connectivity index (χ2n) is 2.52. The van der Waals surface area contributed by atoms with Gasteiger partial charge in [-0.3, -0.25) is 10.1 Å². The monoisotopic (exact) mass is 179 g/mol. The molecule has 1 aromatic carbocycles. The number of nitrogens with zero attached hydrogens (tertiary/aromatic N) is 2. The molecular formula is C7H5N3O3. The van der Waals surface area contributed by atoms with Crippen LogP contribution in [0.2, 0.25) is 0 Å². The molecule has 0 aliphatic rings. The molecule has 2 rings (SSSR count). The highest BCUT2D eigenvalue weighted by Crippen LogP contribution is 2.28. The molecule has 0 aliphatic heterocycles. The summed E-state index contributed by atoms with van der Waals surface area (Å²) in [5.41, 5.74) is 0.712. The molecule has 0 bridgehead atoms. The summed E-state index contributed by atoms with van der Waals surface area (Å²) < 4.78 is 0. The lowest BCUT2D eigenvalue weighted by Crippen LogP contribution is -1.88. The third kappa shape index (κ3) is 1.08. The van der Waals surface area contributed by atoms with Gasteiger partial charge in [0, 0.05) is 12.1 Å². The topological polar surface area (TPSA) is 92.0 Å². The van der Waals surface area contributed by atoms with Crippen molar-refractivity contribution in [2.24, 2.45) is 0 Å². The van der Waals surface area contributed by atoms with Crippen LogP contribution in [0.4, 0.5) is 5.69 Å². The SMILES string of the molecule is O=[N+]([O-])c1cc2[nH]cnc2cc1O. The van der Waals surface area contributed by atoms with E-state index >= 15 is 0 Å². The van der Waals surface area contributed by atoms with Crippen molar-refractivity contribution in [3.63, 3.8) is 0 Å². The molecule has 0 saturated heterocycles. The average molecular weight is 179 g/mol. The summed E-state index contributed by atoms with van der Waals surface area (Å²) in [4.78, 5) is 16.3. The highest BCUT2D eigenvalue weighted by atomic mass is 16.6. The van der Waals surface area contributed by atoms with Gasteiger partial charge < -0.3 is 10.1 Å². The van der Waals surface area contributed by atoms with Crippen molar-refractivity contribution in [1.82, 2.24) is 9.97 Å². The molecule has 2 aromatic rings. The quantitative estimate of drug-likeness (QED) is 0.507. The third-order valence-electron chi connectivity index (χ3n) is 1.71. The van der Waals surface area contributed by atoms with Gasteiger partial charge in [-0.2, -0.15) is 0 Å². The van der Waals surface area contributed by atoms with Gasteiger partial charge in [-0.05, 0) is 0 Å². The van der Waals surface area contributed by atoms with E-state index in [4.69, 9.17) is 0 Å². The number of nitrogens with one attached hydrogen (secondary N) is 1. The Balaban J connectivity index is 2.76. The third-order valence-corrected chi connectivity index (χ3v) is 1.71. The first-order valence-corrected chi connectivity index (χ1v) is 3.49. The van der Waals surface area contributed by atoms with Gasteiger partial charge >= 0.3 is 5.69 Å². The summed E-state index contributed by atoms with van der Waals surface area (Å²) in [5, 5.41) is 19.6. The zero-order valence-electron chi connectivity index (χ0n) is 6.39. The number of phenols is 1. The number of hydrogen-bond acceptors (Lipinski definition) is 4. The molecule has 0 unspecified atom stereocenters. The van der Waals surface area contributed by atoms with E-state index in [0.717, 1.165) is 0 Å². The summed E-state index contributed by atoms with van der Waals surface area (Å²) in [6, 6.07) is 2.50. The molecule has 0 atom stereocenters. The second kappa shape index (κ2) is 2.44. The standard InChI is InChI=1S/C7H5N3O3/c11-7-2-5-4(8-3-9-5)1-6(7)10(12)13/h1-3,11H,(H,8,9). The fourth-order valence-electron chi connectivity index (χ4n) is 1.11. The molecule has 0 radical (unpaired) electrons. The highest BCUT2D eigenvalue weighted by molar-refractivity contribution is 5.80. The van der Waals surface area contributed by atoms with Crippen LogP contribution in [-0.2, 0) is 0 Å². The van der Waals surface area contributed by atoms with Crippen molar-refractivity contribution >= 4 is 16.7 Å². The van der Waals surface area contributed by atoms with Crippen LogP contribution >= 0.6 is 0 Å². The molecule has 0 saturated carbocycles. The molecule has 13 heavy (non-hydrogen) atoms. The molecule has 0 fully saturated rings. The minimum Gasteiger partial charge on any atom is -0.502 e. The van der Waals surface area contributed by atoms with Gasteiger partial charge in [-0.15, -0.1) is 0 Å². The van der Waals surface area contributed by atoms with Crippen molar-refractivity contribution < 1.29 is 10.0 Å². The van der Waals surface area contributed by atoms with Gasteiger partial charge in [0.1, 0.15) is 0 Å². The van der Waals surface area contributed by atoms with Crippen LogP contribution in [-0.4, -0.2) is 20.0 Å². The van der Waals surface area contributed by atoms with Crippen molar-refractivity contribution in [2.45, 2.75) is 0 Å². The smallest absolute Gasteiger partial charge is 0.312 e. The Bertz CT molecular complexity index is 477. The predicted molar refractivity (Wildman–Crippen MR) is 44.4 cm³/mol. The van der Waals surface area contributed by atoms with Crippen molar-refractivity contribution in [1.29, 1.82) is 0 Å². The molecule has 2 N–H and O–H groups in total. The molecule has 0 spiro atoms. The molecule has 0 aliphatic carbocycles. The molecule has 6 nitrogen and oxygen atoms in total. The lowest BCUT2D eigenvalue weighted by molar-refractivity contribution is -0.385. The Morgan fingerprint density at radius 1 is 1.54 bits per heavy atom. The number of aromatic nitrogens is 2. The van der Waals surface area contributed by atoms with Crippen LogP contribution in [0.5, 0.6) is 5.75 Å². The van der Waals surface area contributed by atoms with Gasteiger partial charge in [-0.1, -0.05) is 0 Å². The van der Waals surface area contributed by atoms with E-state index in [0.29, 0.717) is 11.0 Å². The number of nitro groups is 1. The maximum atomic E-state index is 10.4. The van der Waals surface area contributed by atoms with Crippen molar-refractivity contribution in [3.05, 3.63) is 28.6 Å². The van der Waals surface area contributed by atoms with Gasteiger partial charge in [0.25, 0.3) is 0 Å². The molecule has 0 amide bonds. The van der Waals surface area contributed by atoms with E-state index < -0.39 is 4.92 Å². The summed E-state index contributed by atoms with van der Waals surface area (Å²) in [6.07, 6.45) is 1.41. The Morgan fingerprint density at radius 3 is 3.00 bits per heavy atom. The molecule has 1 heterocycles. The molecular weight excluding hydrogens is 174 g/mol. The summed E-state index contributed by atoms with van der Waals surface area (Å²) >= 11 is 0. The van der Waals surface area contributed by atoms with E-state index in [1.165, 1.54) is 18.5 Å². The fraction of sp³-hybridized carbons (Fsp3) is 0. The van der Waals surface area contributed by atoms with Crippen LogP contribution in [0.1, 0.15) is 0 Å². The number of rotatable bonds is 1. The van der Waals surface area contributed by atoms with E-state index in [2.05, 4.69) is 9.97 Å². The maximum absolute atomic E-state index is 10.4. The number of benzene rings is 1. The minimum absolute atomic E-state index is 0.322. The Hall–Kier alpha value is -2.11. The van der Waals surface area contributed by atoms with Crippen LogP contribution in [0, 0.1) is 10.1 Å². The number of aromatic hydroxyl groups is 1. The summed E-state index contributed by atoms with van der Waals surface area (Å²) in [7, 11) is 0. The minimum atomic E-state index is -0.643. The predicted octanol–water partition coefficient (Wildman–Crippen LogP) is 1.18. The summed E-state index contributed by atoms with van der Waals surface area (Å²) in [6.45, 7) is 0. The van der Waals surface area contributed by atoms with Crippen molar-refractivity contribution in [3.8, 4) is 5.75 Å². The van der Waals surface area contributed by atoms with Gasteiger partial charge in [0.05, 0.1) is 22.3 Å².